The molecule has 0 aliphatic carbocycles. The number of aromatic hydroxyl groups is 1. The number of hydrogen-bond acceptors (Lipinski definition) is 3. The average Bonchev–Trinajstić information content (AvgIpc) is 2.08. The van der Waals surface area contributed by atoms with E-state index in [0.717, 1.165) is 6.07 Å². The number of phenols is 1. The molecule has 0 heterocycles. The molecule has 80 valence electrons. The Morgan fingerprint density at radius 1 is 1.00 bits per heavy atom. The van der Waals surface area contributed by atoms with Gasteiger partial charge in [-0.1, -0.05) is 0 Å². The van der Waals surface area contributed by atoms with Crippen molar-refractivity contribution in [3.63, 3.8) is 0 Å². The summed E-state index contributed by atoms with van der Waals surface area (Å²) < 4.78 is 0. The van der Waals surface area contributed by atoms with Crippen molar-refractivity contribution < 1.29 is 24.9 Å². The standard InChI is InChI=1S/C8H8N2O5/c11-4-1-2-5(9-7(12)13)6(3-4)10-8(14)15/h1-3,9-11H,(H,12,13)(H,14,15). The zero-order chi connectivity index (χ0) is 11.4. The summed E-state index contributed by atoms with van der Waals surface area (Å²) in [5, 5.41) is 29.9. The van der Waals surface area contributed by atoms with Crippen LogP contribution in [-0.4, -0.2) is 27.5 Å². The van der Waals surface area contributed by atoms with Gasteiger partial charge in [-0.2, -0.15) is 0 Å². The van der Waals surface area contributed by atoms with Gasteiger partial charge in [-0.15, -0.1) is 0 Å². The third-order valence-electron chi connectivity index (χ3n) is 1.49. The molecule has 1 rings (SSSR count). The Labute approximate surface area is 84.0 Å². The molecule has 0 bridgehead atoms. The molecular formula is C8H8N2O5. The largest absolute Gasteiger partial charge is 0.508 e. The van der Waals surface area contributed by atoms with Crippen LogP contribution in [0.25, 0.3) is 0 Å². The highest BCUT2D eigenvalue weighted by Gasteiger charge is 2.08. The van der Waals surface area contributed by atoms with Gasteiger partial charge in [-0.3, -0.25) is 10.6 Å². The molecule has 0 spiro atoms. The van der Waals surface area contributed by atoms with Crippen LogP contribution in [0, 0.1) is 0 Å². The van der Waals surface area contributed by atoms with Gasteiger partial charge < -0.3 is 15.3 Å². The average molecular weight is 212 g/mol. The maximum atomic E-state index is 10.4. The molecule has 0 aromatic heterocycles. The molecule has 0 saturated carbocycles. The van der Waals surface area contributed by atoms with Crippen LogP contribution in [0.15, 0.2) is 18.2 Å². The Hall–Kier alpha value is -2.44. The minimum absolute atomic E-state index is 0.0371. The van der Waals surface area contributed by atoms with Gasteiger partial charge in [0.15, 0.2) is 0 Å². The van der Waals surface area contributed by atoms with Crippen LogP contribution in [0.1, 0.15) is 0 Å². The van der Waals surface area contributed by atoms with Gasteiger partial charge in [0.25, 0.3) is 0 Å². The van der Waals surface area contributed by atoms with E-state index in [1.54, 1.807) is 0 Å². The fourth-order valence-corrected chi connectivity index (χ4v) is 0.975. The summed E-state index contributed by atoms with van der Waals surface area (Å²) in [4.78, 5) is 20.7. The summed E-state index contributed by atoms with van der Waals surface area (Å²) in [5.41, 5.74) is 0.00704. The lowest BCUT2D eigenvalue weighted by molar-refractivity contribution is 0.208. The quantitative estimate of drug-likeness (QED) is 0.477. The Kier molecular flexibility index (Phi) is 2.97. The first-order valence-corrected chi connectivity index (χ1v) is 3.82. The zero-order valence-electron chi connectivity index (χ0n) is 7.39. The van der Waals surface area contributed by atoms with E-state index in [2.05, 4.69) is 0 Å². The lowest BCUT2D eigenvalue weighted by Crippen LogP contribution is -2.13. The molecule has 0 fully saturated rings. The second kappa shape index (κ2) is 4.18. The highest BCUT2D eigenvalue weighted by Crippen LogP contribution is 2.26. The Balaban J connectivity index is 3.02. The van der Waals surface area contributed by atoms with Crippen LogP contribution in [0.5, 0.6) is 5.75 Å². The number of hydrogen-bond donors (Lipinski definition) is 5. The van der Waals surface area contributed by atoms with E-state index in [0.29, 0.717) is 0 Å². The Morgan fingerprint density at radius 2 is 1.53 bits per heavy atom. The molecule has 1 aromatic carbocycles. The second-order valence-electron chi connectivity index (χ2n) is 2.59. The number of phenolic OH excluding ortho intramolecular Hbond substituents is 1. The highest BCUT2D eigenvalue weighted by atomic mass is 16.4. The first kappa shape index (κ1) is 10.6. The van der Waals surface area contributed by atoms with Crippen molar-refractivity contribution in [2.75, 3.05) is 10.6 Å². The van der Waals surface area contributed by atoms with Crippen LogP contribution < -0.4 is 10.6 Å². The SMILES string of the molecule is O=C(O)Nc1ccc(O)cc1NC(=O)O. The Morgan fingerprint density at radius 3 is 2.07 bits per heavy atom. The number of rotatable bonds is 2. The predicted molar refractivity (Wildman–Crippen MR) is 51.4 cm³/mol. The lowest BCUT2D eigenvalue weighted by atomic mass is 10.2. The molecule has 0 unspecified atom stereocenters. The third-order valence-corrected chi connectivity index (χ3v) is 1.49. The summed E-state index contributed by atoms with van der Waals surface area (Å²) in [6.07, 6.45) is -2.68. The fraction of sp³-hybridized carbons (Fsp3) is 0. The fourth-order valence-electron chi connectivity index (χ4n) is 0.975. The van der Waals surface area contributed by atoms with Gasteiger partial charge in [0.2, 0.25) is 0 Å². The van der Waals surface area contributed by atoms with Crippen molar-refractivity contribution in [1.82, 2.24) is 0 Å². The minimum atomic E-state index is -1.35. The molecule has 7 nitrogen and oxygen atoms in total. The summed E-state index contributed by atoms with van der Waals surface area (Å²) >= 11 is 0. The van der Waals surface area contributed by atoms with Crippen LogP contribution in [0.4, 0.5) is 21.0 Å². The molecule has 5 N–H and O–H groups in total. The van der Waals surface area contributed by atoms with Crippen molar-refractivity contribution >= 4 is 23.6 Å². The highest BCUT2D eigenvalue weighted by molar-refractivity contribution is 5.94. The van der Waals surface area contributed by atoms with E-state index in [9.17, 15) is 9.59 Å². The molecule has 7 heteroatoms. The number of carbonyl (C=O) groups is 2. The molecule has 1 aromatic rings. The molecular weight excluding hydrogens is 204 g/mol. The van der Waals surface area contributed by atoms with Crippen molar-refractivity contribution in [2.24, 2.45) is 0 Å². The van der Waals surface area contributed by atoms with E-state index in [1.807, 2.05) is 10.6 Å². The first-order chi connectivity index (χ1) is 6.99. The zero-order valence-corrected chi connectivity index (χ0v) is 7.39. The van der Waals surface area contributed by atoms with E-state index in [1.165, 1.54) is 12.1 Å². The van der Waals surface area contributed by atoms with Crippen LogP contribution in [0.2, 0.25) is 0 Å². The van der Waals surface area contributed by atoms with Gasteiger partial charge in [-0.05, 0) is 12.1 Å². The van der Waals surface area contributed by atoms with E-state index in [-0.39, 0.29) is 17.1 Å². The number of amides is 2. The van der Waals surface area contributed by atoms with Crippen molar-refractivity contribution in [3.05, 3.63) is 18.2 Å². The normalized spacial score (nSPS) is 9.33. The number of nitrogens with one attached hydrogen (secondary N) is 2. The van der Waals surface area contributed by atoms with E-state index >= 15 is 0 Å². The monoisotopic (exact) mass is 212 g/mol. The van der Waals surface area contributed by atoms with Crippen molar-refractivity contribution in [1.29, 1.82) is 0 Å². The molecule has 0 aliphatic heterocycles. The van der Waals surface area contributed by atoms with Crippen LogP contribution in [-0.2, 0) is 0 Å². The molecule has 0 aliphatic rings. The predicted octanol–water partition coefficient (Wildman–Crippen LogP) is 1.57. The van der Waals surface area contributed by atoms with Crippen molar-refractivity contribution in [3.8, 4) is 5.75 Å². The van der Waals surface area contributed by atoms with E-state index < -0.39 is 12.2 Å². The number of carboxylic acid groups (broad SMARTS) is 2. The third kappa shape index (κ3) is 3.07. The smallest absolute Gasteiger partial charge is 0.409 e. The van der Waals surface area contributed by atoms with Gasteiger partial charge >= 0.3 is 12.2 Å². The lowest BCUT2D eigenvalue weighted by Gasteiger charge is -2.08. The molecule has 0 saturated heterocycles. The Bertz CT molecular complexity index is 404. The topological polar surface area (TPSA) is 119 Å². The van der Waals surface area contributed by atoms with Gasteiger partial charge in [0, 0.05) is 6.07 Å². The minimum Gasteiger partial charge on any atom is -0.508 e. The maximum Gasteiger partial charge on any atom is 0.409 e. The second-order valence-corrected chi connectivity index (χ2v) is 2.59. The molecule has 15 heavy (non-hydrogen) atoms. The summed E-state index contributed by atoms with van der Waals surface area (Å²) in [7, 11) is 0. The maximum absolute atomic E-state index is 10.4. The molecule has 0 atom stereocenters. The summed E-state index contributed by atoms with van der Waals surface area (Å²) in [6.45, 7) is 0. The first-order valence-electron chi connectivity index (χ1n) is 3.82. The van der Waals surface area contributed by atoms with E-state index in [4.69, 9.17) is 15.3 Å². The van der Waals surface area contributed by atoms with Crippen molar-refractivity contribution in [2.45, 2.75) is 0 Å². The van der Waals surface area contributed by atoms with Gasteiger partial charge in [-0.25, -0.2) is 9.59 Å². The van der Waals surface area contributed by atoms with Crippen LogP contribution >= 0.6 is 0 Å². The molecule has 0 radical (unpaired) electrons. The summed E-state index contributed by atoms with van der Waals surface area (Å²) in [5.74, 6) is -0.172. The molecule has 2 amide bonds. The van der Waals surface area contributed by atoms with Gasteiger partial charge in [0.05, 0.1) is 11.4 Å². The summed E-state index contributed by atoms with van der Waals surface area (Å²) in [6, 6.07) is 3.58. The number of benzene rings is 1. The van der Waals surface area contributed by atoms with Crippen LogP contribution in [0.3, 0.4) is 0 Å². The number of anilines is 2. The van der Waals surface area contributed by atoms with Gasteiger partial charge in [0.1, 0.15) is 5.75 Å².